The van der Waals surface area contributed by atoms with E-state index in [-0.39, 0.29) is 6.04 Å². The normalized spacial score (nSPS) is 16.5. The average Bonchev–Trinajstić information content (AvgIpc) is 2.32. The summed E-state index contributed by atoms with van der Waals surface area (Å²) in [6.07, 6.45) is 3.03. The Bertz CT molecular complexity index is 478. The van der Waals surface area contributed by atoms with Crippen molar-refractivity contribution in [3.63, 3.8) is 0 Å². The first-order valence-electron chi connectivity index (χ1n) is 6.44. The van der Waals surface area contributed by atoms with Gasteiger partial charge in [0.1, 0.15) is 0 Å². The Morgan fingerprint density at radius 2 is 1.89 bits per heavy atom. The molecule has 0 heterocycles. The smallest absolute Gasteiger partial charge is 0.240 e. The van der Waals surface area contributed by atoms with Crippen molar-refractivity contribution in [1.29, 1.82) is 0 Å². The molecule has 4 nitrogen and oxygen atoms in total. The molecule has 5 heteroatoms. The molecule has 1 aliphatic carbocycles. The summed E-state index contributed by atoms with van der Waals surface area (Å²) in [5.74, 6) is 0. The zero-order chi connectivity index (χ0) is 13.0. The second-order valence-corrected chi connectivity index (χ2v) is 6.39. The third-order valence-electron chi connectivity index (χ3n) is 3.24. The molecule has 1 aliphatic rings. The molecule has 1 saturated carbocycles. The van der Waals surface area contributed by atoms with E-state index in [1.807, 2.05) is 19.1 Å². The Morgan fingerprint density at radius 1 is 1.22 bits per heavy atom. The van der Waals surface area contributed by atoms with E-state index in [1.165, 1.54) is 0 Å². The molecule has 0 bridgehead atoms. The van der Waals surface area contributed by atoms with Gasteiger partial charge in [-0.05, 0) is 37.1 Å². The van der Waals surface area contributed by atoms with Gasteiger partial charge in [-0.15, -0.1) is 0 Å². The maximum Gasteiger partial charge on any atom is 0.240 e. The second kappa shape index (κ2) is 5.82. The minimum atomic E-state index is -3.33. The van der Waals surface area contributed by atoms with Crippen molar-refractivity contribution in [2.75, 3.05) is 6.54 Å². The predicted octanol–water partition coefficient (Wildman–Crippen LogP) is 1.63. The number of nitrogens with one attached hydrogen (secondary N) is 2. The molecular formula is C13H20N2O2S. The summed E-state index contributed by atoms with van der Waals surface area (Å²) in [5, 5.41) is 3.21. The van der Waals surface area contributed by atoms with Gasteiger partial charge < -0.3 is 5.32 Å². The zero-order valence-corrected chi connectivity index (χ0v) is 11.5. The third kappa shape index (κ3) is 3.31. The van der Waals surface area contributed by atoms with E-state index in [2.05, 4.69) is 10.0 Å². The number of benzene rings is 1. The third-order valence-corrected chi connectivity index (χ3v) is 4.78. The lowest BCUT2D eigenvalue weighted by molar-refractivity contribution is 0.383. The van der Waals surface area contributed by atoms with Crippen LogP contribution >= 0.6 is 0 Å². The highest BCUT2D eigenvalue weighted by atomic mass is 32.2. The average molecular weight is 268 g/mol. The Balaban J connectivity index is 2.03. The van der Waals surface area contributed by atoms with Crippen molar-refractivity contribution in [2.24, 2.45) is 0 Å². The molecule has 18 heavy (non-hydrogen) atoms. The summed E-state index contributed by atoms with van der Waals surface area (Å²) in [7, 11) is -3.33. The minimum absolute atomic E-state index is 0.136. The van der Waals surface area contributed by atoms with Gasteiger partial charge in [0.25, 0.3) is 0 Å². The molecule has 100 valence electrons. The molecule has 1 fully saturated rings. The molecule has 2 rings (SSSR count). The van der Waals surface area contributed by atoms with Crippen molar-refractivity contribution >= 4 is 10.0 Å². The minimum Gasteiger partial charge on any atom is -0.313 e. The van der Waals surface area contributed by atoms with Crippen LogP contribution in [0.4, 0.5) is 0 Å². The monoisotopic (exact) mass is 268 g/mol. The van der Waals surface area contributed by atoms with Crippen LogP contribution in [0.25, 0.3) is 0 Å². The highest BCUT2D eigenvalue weighted by Crippen LogP contribution is 2.21. The van der Waals surface area contributed by atoms with Crippen LogP contribution in [0.3, 0.4) is 0 Å². The van der Waals surface area contributed by atoms with E-state index >= 15 is 0 Å². The van der Waals surface area contributed by atoms with Crippen LogP contribution in [0, 0.1) is 0 Å². The second-order valence-electron chi connectivity index (χ2n) is 4.67. The molecular weight excluding hydrogens is 248 g/mol. The van der Waals surface area contributed by atoms with Crippen LogP contribution < -0.4 is 10.0 Å². The van der Waals surface area contributed by atoms with Crippen molar-refractivity contribution in [3.8, 4) is 0 Å². The Kier molecular flexibility index (Phi) is 4.37. The van der Waals surface area contributed by atoms with Crippen molar-refractivity contribution < 1.29 is 8.42 Å². The number of hydrogen-bond acceptors (Lipinski definition) is 3. The molecule has 0 atom stereocenters. The maximum atomic E-state index is 12.0. The number of sulfonamides is 1. The fourth-order valence-electron chi connectivity index (χ4n) is 1.87. The molecule has 0 aromatic heterocycles. The molecule has 2 N–H and O–H groups in total. The molecule has 0 aliphatic heterocycles. The van der Waals surface area contributed by atoms with Gasteiger partial charge in [-0.3, -0.25) is 0 Å². The SMILES string of the molecule is CCNCc1ccc(S(=O)(=O)NC2CCC2)cc1. The van der Waals surface area contributed by atoms with Gasteiger partial charge in [-0.1, -0.05) is 25.5 Å². The first-order chi connectivity index (χ1) is 8.62. The van der Waals surface area contributed by atoms with Crippen LogP contribution in [0.2, 0.25) is 0 Å². The van der Waals surface area contributed by atoms with Gasteiger partial charge in [0.15, 0.2) is 0 Å². The highest BCUT2D eigenvalue weighted by Gasteiger charge is 2.24. The van der Waals surface area contributed by atoms with Gasteiger partial charge >= 0.3 is 0 Å². The van der Waals surface area contributed by atoms with E-state index in [1.54, 1.807) is 12.1 Å². The first-order valence-corrected chi connectivity index (χ1v) is 7.92. The van der Waals surface area contributed by atoms with Crippen LogP contribution in [-0.2, 0) is 16.6 Å². The number of hydrogen-bond donors (Lipinski definition) is 2. The summed E-state index contributed by atoms with van der Waals surface area (Å²) >= 11 is 0. The fraction of sp³-hybridized carbons (Fsp3) is 0.538. The number of rotatable bonds is 6. The Hall–Kier alpha value is -0.910. The van der Waals surface area contributed by atoms with E-state index in [0.29, 0.717) is 4.90 Å². The summed E-state index contributed by atoms with van der Waals surface area (Å²) < 4.78 is 26.8. The molecule has 0 unspecified atom stereocenters. The van der Waals surface area contributed by atoms with Gasteiger partial charge in [-0.2, -0.15) is 0 Å². The summed E-state index contributed by atoms with van der Waals surface area (Å²) in [5.41, 5.74) is 1.10. The molecule has 1 aromatic carbocycles. The van der Waals surface area contributed by atoms with Gasteiger partial charge in [-0.25, -0.2) is 13.1 Å². The molecule has 1 aromatic rings. The molecule has 0 amide bonds. The first kappa shape index (κ1) is 13.5. The quantitative estimate of drug-likeness (QED) is 0.824. The van der Waals surface area contributed by atoms with E-state index in [4.69, 9.17) is 0 Å². The zero-order valence-electron chi connectivity index (χ0n) is 10.6. The van der Waals surface area contributed by atoms with E-state index in [0.717, 1.165) is 37.9 Å². The van der Waals surface area contributed by atoms with Crippen LogP contribution in [0.1, 0.15) is 31.7 Å². The van der Waals surface area contributed by atoms with E-state index in [9.17, 15) is 8.42 Å². The summed E-state index contributed by atoms with van der Waals surface area (Å²) in [6, 6.07) is 7.20. The van der Waals surface area contributed by atoms with Crippen molar-refractivity contribution in [3.05, 3.63) is 29.8 Å². The molecule has 0 spiro atoms. The lowest BCUT2D eigenvalue weighted by atomic mass is 9.94. The van der Waals surface area contributed by atoms with Crippen LogP contribution in [0.5, 0.6) is 0 Å². The van der Waals surface area contributed by atoms with Crippen LogP contribution in [0.15, 0.2) is 29.2 Å². The lowest BCUT2D eigenvalue weighted by Gasteiger charge is -2.26. The standard InChI is InChI=1S/C13H20N2O2S/c1-2-14-10-11-6-8-13(9-7-11)18(16,17)15-12-4-3-5-12/h6-9,12,14-15H,2-5,10H2,1H3. The summed E-state index contributed by atoms with van der Waals surface area (Å²) in [6.45, 7) is 3.72. The summed E-state index contributed by atoms with van der Waals surface area (Å²) in [4.78, 5) is 0.356. The van der Waals surface area contributed by atoms with Crippen LogP contribution in [-0.4, -0.2) is 21.0 Å². The highest BCUT2D eigenvalue weighted by molar-refractivity contribution is 7.89. The molecule has 0 radical (unpaired) electrons. The van der Waals surface area contributed by atoms with Gasteiger partial charge in [0, 0.05) is 12.6 Å². The largest absolute Gasteiger partial charge is 0.313 e. The Morgan fingerprint density at radius 3 is 2.39 bits per heavy atom. The maximum absolute atomic E-state index is 12.0. The lowest BCUT2D eigenvalue weighted by Crippen LogP contribution is -2.39. The Labute approximate surface area is 109 Å². The molecule has 0 saturated heterocycles. The van der Waals surface area contributed by atoms with Gasteiger partial charge in [0.2, 0.25) is 10.0 Å². The topological polar surface area (TPSA) is 58.2 Å². The van der Waals surface area contributed by atoms with Gasteiger partial charge in [0.05, 0.1) is 4.90 Å². The van der Waals surface area contributed by atoms with Crippen molar-refractivity contribution in [2.45, 2.75) is 43.7 Å². The predicted molar refractivity (Wildman–Crippen MR) is 71.8 cm³/mol. The van der Waals surface area contributed by atoms with E-state index < -0.39 is 10.0 Å². The van der Waals surface area contributed by atoms with Crippen molar-refractivity contribution in [1.82, 2.24) is 10.0 Å². The fourth-order valence-corrected chi connectivity index (χ4v) is 3.17.